The van der Waals surface area contributed by atoms with Crippen LogP contribution in [-0.4, -0.2) is 10.9 Å². The first kappa shape index (κ1) is 14.8. The van der Waals surface area contributed by atoms with Gasteiger partial charge in [0.25, 0.3) is 5.91 Å². The predicted molar refractivity (Wildman–Crippen MR) is 71.2 cm³/mol. The van der Waals surface area contributed by atoms with Crippen molar-refractivity contribution in [2.24, 2.45) is 0 Å². The van der Waals surface area contributed by atoms with E-state index in [0.29, 0.717) is 10.5 Å². The van der Waals surface area contributed by atoms with Crippen molar-refractivity contribution in [1.82, 2.24) is 4.98 Å². The smallest absolute Gasteiger partial charge is 0.258 e. The highest BCUT2D eigenvalue weighted by Crippen LogP contribution is 2.23. The lowest BCUT2D eigenvalue weighted by atomic mass is 10.2. The molecule has 104 valence electrons. The van der Waals surface area contributed by atoms with Crippen molar-refractivity contribution in [3.63, 3.8) is 0 Å². The Morgan fingerprint density at radius 1 is 1.25 bits per heavy atom. The summed E-state index contributed by atoms with van der Waals surface area (Å²) in [6.45, 7) is 0. The average molecular weight is 366 g/mol. The van der Waals surface area contributed by atoms with Crippen LogP contribution < -0.4 is 5.32 Å². The molecule has 0 bridgehead atoms. The maximum Gasteiger partial charge on any atom is 0.258 e. The lowest BCUT2D eigenvalue weighted by molar-refractivity contribution is 0.102. The van der Waals surface area contributed by atoms with Crippen molar-refractivity contribution in [1.29, 1.82) is 0 Å². The summed E-state index contributed by atoms with van der Waals surface area (Å²) >= 11 is 8.83. The zero-order valence-electron chi connectivity index (χ0n) is 9.55. The highest BCUT2D eigenvalue weighted by Gasteiger charge is 2.18. The van der Waals surface area contributed by atoms with Gasteiger partial charge in [0, 0.05) is 10.7 Å². The van der Waals surface area contributed by atoms with E-state index >= 15 is 0 Å². The van der Waals surface area contributed by atoms with Crippen LogP contribution >= 0.6 is 27.5 Å². The van der Waals surface area contributed by atoms with E-state index in [9.17, 15) is 18.0 Å². The minimum atomic E-state index is -1.67. The molecule has 1 N–H and O–H groups in total. The van der Waals surface area contributed by atoms with Crippen molar-refractivity contribution < 1.29 is 18.0 Å². The number of amides is 1. The lowest BCUT2D eigenvalue weighted by Crippen LogP contribution is -2.15. The van der Waals surface area contributed by atoms with Crippen molar-refractivity contribution in [2.75, 3.05) is 5.32 Å². The van der Waals surface area contributed by atoms with Crippen molar-refractivity contribution >= 4 is 39.1 Å². The van der Waals surface area contributed by atoms with Gasteiger partial charge in [0.1, 0.15) is 5.15 Å². The van der Waals surface area contributed by atoms with Crippen molar-refractivity contribution in [2.45, 2.75) is 0 Å². The quantitative estimate of drug-likeness (QED) is 0.641. The van der Waals surface area contributed by atoms with Crippen LogP contribution in [0.2, 0.25) is 5.15 Å². The zero-order chi connectivity index (χ0) is 14.9. The van der Waals surface area contributed by atoms with Crippen LogP contribution in [0.25, 0.3) is 0 Å². The third-order valence-corrected chi connectivity index (χ3v) is 3.07. The largest absolute Gasteiger partial charge is 0.319 e. The number of nitrogens with zero attached hydrogens (tertiary/aromatic N) is 1. The second-order valence-electron chi connectivity index (χ2n) is 3.67. The van der Waals surface area contributed by atoms with Crippen LogP contribution in [0.4, 0.5) is 18.9 Å². The molecular formula is C12H5BrClF3N2O. The lowest BCUT2D eigenvalue weighted by Gasteiger charge is -2.08. The summed E-state index contributed by atoms with van der Waals surface area (Å²) in [6.07, 6.45) is 1.37. The van der Waals surface area contributed by atoms with Crippen molar-refractivity contribution in [3.05, 3.63) is 57.0 Å². The number of carbonyl (C=O) groups is 1. The van der Waals surface area contributed by atoms with E-state index in [1.807, 2.05) is 0 Å². The third-order valence-electron chi connectivity index (χ3n) is 2.33. The van der Waals surface area contributed by atoms with Crippen LogP contribution in [0, 0.1) is 17.5 Å². The molecular weight excluding hydrogens is 360 g/mol. The highest BCUT2D eigenvalue weighted by atomic mass is 79.9. The van der Waals surface area contributed by atoms with Crippen molar-refractivity contribution in [3.8, 4) is 0 Å². The summed E-state index contributed by atoms with van der Waals surface area (Å²) in [5.41, 5.74) is -0.532. The van der Waals surface area contributed by atoms with Gasteiger partial charge in [-0.05, 0) is 34.1 Å². The number of hydrogen-bond donors (Lipinski definition) is 1. The molecule has 0 aliphatic rings. The molecule has 0 aliphatic carbocycles. The van der Waals surface area contributed by atoms with E-state index in [1.54, 1.807) is 0 Å². The fourth-order valence-corrected chi connectivity index (χ4v) is 1.91. The van der Waals surface area contributed by atoms with E-state index in [2.05, 4.69) is 26.2 Å². The maximum absolute atomic E-state index is 13.4. The Bertz CT molecular complexity index is 697. The first-order valence-corrected chi connectivity index (χ1v) is 6.33. The summed E-state index contributed by atoms with van der Waals surface area (Å²) < 4.78 is 39.7. The zero-order valence-corrected chi connectivity index (χ0v) is 11.9. The van der Waals surface area contributed by atoms with Gasteiger partial charge in [-0.2, -0.15) is 0 Å². The summed E-state index contributed by atoms with van der Waals surface area (Å²) in [6, 6.07) is 2.97. The molecule has 0 fully saturated rings. The number of aromatic nitrogens is 1. The van der Waals surface area contributed by atoms with E-state index in [-0.39, 0.29) is 10.7 Å². The van der Waals surface area contributed by atoms with Gasteiger partial charge in [-0.3, -0.25) is 4.79 Å². The van der Waals surface area contributed by atoms with E-state index in [1.165, 1.54) is 12.3 Å². The molecule has 2 aromatic rings. The fraction of sp³-hybridized carbons (Fsp3) is 0. The summed E-state index contributed by atoms with van der Waals surface area (Å²) in [5, 5.41) is 1.99. The third kappa shape index (κ3) is 2.94. The van der Waals surface area contributed by atoms with Gasteiger partial charge in [-0.1, -0.05) is 11.6 Å². The summed E-state index contributed by atoms with van der Waals surface area (Å²) in [7, 11) is 0. The normalized spacial score (nSPS) is 10.4. The highest BCUT2D eigenvalue weighted by molar-refractivity contribution is 9.10. The molecule has 1 heterocycles. The minimum Gasteiger partial charge on any atom is -0.319 e. The summed E-state index contributed by atoms with van der Waals surface area (Å²) in [5.74, 6) is -5.30. The molecule has 0 unspecified atom stereocenters. The molecule has 0 aliphatic heterocycles. The fourth-order valence-electron chi connectivity index (χ4n) is 1.39. The molecule has 2 rings (SSSR count). The molecule has 1 aromatic heterocycles. The number of hydrogen-bond acceptors (Lipinski definition) is 2. The number of pyridine rings is 1. The van der Waals surface area contributed by atoms with E-state index in [4.69, 9.17) is 11.6 Å². The van der Waals surface area contributed by atoms with Crippen LogP contribution in [0.1, 0.15) is 10.4 Å². The van der Waals surface area contributed by atoms with E-state index < -0.39 is 29.0 Å². The summed E-state index contributed by atoms with van der Waals surface area (Å²) in [4.78, 5) is 15.6. The molecule has 0 spiro atoms. The molecule has 0 atom stereocenters. The molecule has 0 saturated carbocycles. The van der Waals surface area contributed by atoms with Gasteiger partial charge in [0.15, 0.2) is 17.5 Å². The monoisotopic (exact) mass is 364 g/mol. The number of nitrogens with one attached hydrogen (secondary N) is 1. The number of halogens is 5. The van der Waals surface area contributed by atoms with Gasteiger partial charge in [-0.25, -0.2) is 18.2 Å². The molecule has 1 aromatic carbocycles. The Morgan fingerprint density at radius 3 is 2.65 bits per heavy atom. The van der Waals surface area contributed by atoms with Gasteiger partial charge in [0.05, 0.1) is 11.3 Å². The Balaban J connectivity index is 2.33. The Labute approximate surface area is 124 Å². The second-order valence-corrected chi connectivity index (χ2v) is 4.94. The topological polar surface area (TPSA) is 42.0 Å². The van der Waals surface area contributed by atoms with Crippen LogP contribution in [0.15, 0.2) is 28.9 Å². The van der Waals surface area contributed by atoms with Crippen LogP contribution in [0.3, 0.4) is 0 Å². The van der Waals surface area contributed by atoms with Crippen LogP contribution in [0.5, 0.6) is 0 Å². The standard InChI is InChI=1S/C12H5BrClF3N2O/c13-5-3-6(11(14)18-4-5)12(20)19-8-2-1-7(15)9(16)10(8)17/h1-4H,(H,19,20). The van der Waals surface area contributed by atoms with Gasteiger partial charge in [0.2, 0.25) is 0 Å². The molecule has 20 heavy (non-hydrogen) atoms. The van der Waals surface area contributed by atoms with E-state index in [0.717, 1.165) is 6.07 Å². The van der Waals surface area contributed by atoms with Crippen LogP contribution in [-0.2, 0) is 0 Å². The first-order valence-electron chi connectivity index (χ1n) is 5.16. The Kier molecular flexibility index (Phi) is 4.29. The first-order chi connectivity index (χ1) is 9.40. The number of anilines is 1. The maximum atomic E-state index is 13.4. The number of rotatable bonds is 2. The average Bonchev–Trinajstić information content (AvgIpc) is 2.42. The molecule has 3 nitrogen and oxygen atoms in total. The van der Waals surface area contributed by atoms with Gasteiger partial charge >= 0.3 is 0 Å². The van der Waals surface area contributed by atoms with Gasteiger partial charge in [-0.15, -0.1) is 0 Å². The molecule has 8 heteroatoms. The second kappa shape index (κ2) is 5.80. The SMILES string of the molecule is O=C(Nc1ccc(F)c(F)c1F)c1cc(Br)cnc1Cl. The predicted octanol–water partition coefficient (Wildman–Crippen LogP) is 4.17. The Morgan fingerprint density at radius 2 is 1.95 bits per heavy atom. The number of benzene rings is 1. The number of carbonyl (C=O) groups excluding carboxylic acids is 1. The molecule has 0 saturated heterocycles. The Hall–Kier alpha value is -1.60. The minimum absolute atomic E-state index is 0.0369. The molecule has 0 radical (unpaired) electrons. The van der Waals surface area contributed by atoms with Gasteiger partial charge < -0.3 is 5.32 Å². The molecule has 1 amide bonds.